The van der Waals surface area contributed by atoms with Gasteiger partial charge >= 0.3 is 0 Å². The van der Waals surface area contributed by atoms with Crippen LogP contribution in [0.2, 0.25) is 0 Å². The third kappa shape index (κ3) is 3.55. The molecule has 1 aromatic heterocycles. The molecule has 7 nitrogen and oxygen atoms in total. The maximum absolute atomic E-state index is 13.4. The van der Waals surface area contributed by atoms with Gasteiger partial charge in [-0.15, -0.1) is 0 Å². The van der Waals surface area contributed by atoms with E-state index in [0.29, 0.717) is 22.7 Å². The molecule has 0 N–H and O–H groups in total. The van der Waals surface area contributed by atoms with Crippen LogP contribution in [-0.2, 0) is 4.79 Å². The van der Waals surface area contributed by atoms with Gasteiger partial charge in [0.25, 0.3) is 11.5 Å². The SMILES string of the molecule is CSc1nc2ccccc2c(=O)n1/N=C1/C(=O)N(CN2CCCCC2)c2ccccc21. The topological polar surface area (TPSA) is 70.8 Å². The molecule has 8 heteroatoms. The minimum Gasteiger partial charge on any atom is -0.293 e. The molecule has 2 aromatic carbocycles. The molecule has 0 saturated carbocycles. The number of hydrogen-bond acceptors (Lipinski definition) is 6. The standard InChI is InChI=1S/C23H23N5O2S/c1-31-23-24-18-11-5-3-9-16(18)21(29)28(23)25-20-17-10-4-6-12-19(17)27(22(20)30)15-26-13-7-2-8-14-26/h3-6,9-12H,2,7-8,13-15H2,1H3/b25-20+. The Labute approximate surface area is 184 Å². The normalized spacial score (nSPS) is 18.2. The van der Waals surface area contributed by atoms with Crippen molar-refractivity contribution in [2.24, 2.45) is 5.10 Å². The summed E-state index contributed by atoms with van der Waals surface area (Å²) >= 11 is 1.33. The Balaban J connectivity index is 1.61. The number of thioether (sulfide) groups is 1. The number of hydrogen-bond donors (Lipinski definition) is 0. The number of likely N-dealkylation sites (tertiary alicyclic amines) is 1. The predicted octanol–water partition coefficient (Wildman–Crippen LogP) is 3.16. The largest absolute Gasteiger partial charge is 0.293 e. The second kappa shape index (κ2) is 8.28. The molecular formula is C23H23N5O2S. The summed E-state index contributed by atoms with van der Waals surface area (Å²) in [5.74, 6) is -0.182. The third-order valence-electron chi connectivity index (χ3n) is 5.79. The number of fused-ring (bicyclic) bond motifs is 2. The smallest absolute Gasteiger partial charge is 0.282 e. The van der Waals surface area contributed by atoms with Crippen molar-refractivity contribution in [3.8, 4) is 0 Å². The fourth-order valence-electron chi connectivity index (χ4n) is 4.22. The highest BCUT2D eigenvalue weighted by atomic mass is 32.2. The molecule has 0 atom stereocenters. The third-order valence-corrected chi connectivity index (χ3v) is 6.42. The summed E-state index contributed by atoms with van der Waals surface area (Å²) in [6, 6.07) is 14.8. The molecule has 0 radical (unpaired) electrons. The predicted molar refractivity (Wildman–Crippen MR) is 124 cm³/mol. The monoisotopic (exact) mass is 433 g/mol. The number of amides is 1. The first kappa shape index (κ1) is 20.0. The number of nitrogens with zero attached hydrogens (tertiary/aromatic N) is 5. The Hall–Kier alpha value is -2.97. The average Bonchev–Trinajstić information content (AvgIpc) is 3.07. The highest BCUT2D eigenvalue weighted by molar-refractivity contribution is 7.98. The van der Waals surface area contributed by atoms with Crippen LogP contribution in [0.25, 0.3) is 10.9 Å². The van der Waals surface area contributed by atoms with E-state index in [1.165, 1.54) is 22.9 Å². The molecule has 1 amide bonds. The van der Waals surface area contributed by atoms with Crippen LogP contribution in [0.1, 0.15) is 24.8 Å². The van der Waals surface area contributed by atoms with E-state index in [-0.39, 0.29) is 17.2 Å². The van der Waals surface area contributed by atoms with E-state index in [1.54, 1.807) is 17.0 Å². The van der Waals surface area contributed by atoms with E-state index in [1.807, 2.05) is 42.7 Å². The lowest BCUT2D eigenvalue weighted by Gasteiger charge is -2.30. The second-order valence-electron chi connectivity index (χ2n) is 7.75. The maximum Gasteiger partial charge on any atom is 0.282 e. The zero-order valence-electron chi connectivity index (χ0n) is 17.3. The van der Waals surface area contributed by atoms with E-state index >= 15 is 0 Å². The van der Waals surface area contributed by atoms with Crippen LogP contribution < -0.4 is 10.5 Å². The number of carbonyl (C=O) groups excluding carboxylic acids is 1. The Bertz CT molecular complexity index is 1250. The van der Waals surface area contributed by atoms with Crippen LogP contribution in [0.15, 0.2) is 63.6 Å². The minimum atomic E-state index is -0.276. The zero-order valence-corrected chi connectivity index (χ0v) is 18.1. The molecule has 1 fully saturated rings. The van der Waals surface area contributed by atoms with Gasteiger partial charge in [0, 0.05) is 5.56 Å². The molecule has 158 valence electrons. The molecule has 2 aliphatic rings. The van der Waals surface area contributed by atoms with Gasteiger partial charge in [-0.1, -0.05) is 48.5 Å². The average molecular weight is 434 g/mol. The summed E-state index contributed by atoms with van der Waals surface area (Å²) in [7, 11) is 0. The first-order valence-corrected chi connectivity index (χ1v) is 11.7. The quantitative estimate of drug-likeness (QED) is 0.467. The van der Waals surface area contributed by atoms with Crippen molar-refractivity contribution in [1.29, 1.82) is 0 Å². The van der Waals surface area contributed by atoms with E-state index in [9.17, 15) is 9.59 Å². The summed E-state index contributed by atoms with van der Waals surface area (Å²) < 4.78 is 1.27. The van der Waals surface area contributed by atoms with Crippen molar-refractivity contribution in [1.82, 2.24) is 14.6 Å². The van der Waals surface area contributed by atoms with Crippen molar-refractivity contribution in [2.45, 2.75) is 24.4 Å². The number of para-hydroxylation sites is 2. The van der Waals surface area contributed by atoms with Gasteiger partial charge in [0.15, 0.2) is 10.9 Å². The minimum absolute atomic E-state index is 0.182. The number of benzene rings is 2. The Kier molecular flexibility index (Phi) is 5.33. The van der Waals surface area contributed by atoms with Crippen LogP contribution in [-0.4, -0.2) is 52.2 Å². The van der Waals surface area contributed by atoms with Crippen molar-refractivity contribution >= 4 is 40.0 Å². The van der Waals surface area contributed by atoms with E-state index in [4.69, 9.17) is 0 Å². The number of rotatable bonds is 4. The molecule has 1 saturated heterocycles. The summed E-state index contributed by atoms with van der Waals surface area (Å²) in [6.45, 7) is 2.52. The zero-order chi connectivity index (χ0) is 21.4. The van der Waals surface area contributed by atoms with Gasteiger partial charge in [0.05, 0.1) is 23.3 Å². The first-order valence-electron chi connectivity index (χ1n) is 10.5. The maximum atomic E-state index is 13.4. The molecule has 31 heavy (non-hydrogen) atoms. The highest BCUT2D eigenvalue weighted by Crippen LogP contribution is 2.30. The molecule has 0 spiro atoms. The van der Waals surface area contributed by atoms with Gasteiger partial charge in [-0.25, -0.2) is 4.98 Å². The fourth-order valence-corrected chi connectivity index (χ4v) is 4.71. The number of aromatic nitrogens is 2. The number of anilines is 1. The fraction of sp³-hybridized carbons (Fsp3) is 0.304. The molecule has 2 aliphatic heterocycles. The Morgan fingerprint density at radius 1 is 1.00 bits per heavy atom. The van der Waals surface area contributed by atoms with Crippen molar-refractivity contribution in [2.75, 3.05) is 30.9 Å². The molecule has 5 rings (SSSR count). The van der Waals surface area contributed by atoms with E-state index in [2.05, 4.69) is 15.0 Å². The van der Waals surface area contributed by atoms with Crippen molar-refractivity contribution in [3.05, 3.63) is 64.4 Å². The van der Waals surface area contributed by atoms with Crippen LogP contribution >= 0.6 is 11.8 Å². The molecule has 0 bridgehead atoms. The number of carbonyl (C=O) groups is 1. The molecule has 3 heterocycles. The summed E-state index contributed by atoms with van der Waals surface area (Å²) in [4.78, 5) is 35.3. The molecule has 0 unspecified atom stereocenters. The van der Waals surface area contributed by atoms with Gasteiger partial charge in [-0.2, -0.15) is 9.78 Å². The van der Waals surface area contributed by atoms with E-state index in [0.717, 1.165) is 37.2 Å². The van der Waals surface area contributed by atoms with Gasteiger partial charge in [-0.05, 0) is 50.4 Å². The Morgan fingerprint density at radius 2 is 1.74 bits per heavy atom. The lowest BCUT2D eigenvalue weighted by atomic mass is 10.1. The summed E-state index contributed by atoms with van der Waals surface area (Å²) in [6.07, 6.45) is 5.39. The number of piperidine rings is 1. The van der Waals surface area contributed by atoms with Gasteiger partial charge in [-0.3, -0.25) is 19.4 Å². The molecule has 3 aromatic rings. The Morgan fingerprint density at radius 3 is 2.55 bits per heavy atom. The van der Waals surface area contributed by atoms with Crippen molar-refractivity contribution in [3.63, 3.8) is 0 Å². The summed E-state index contributed by atoms with van der Waals surface area (Å²) in [5.41, 5.74) is 2.21. The van der Waals surface area contributed by atoms with Crippen LogP contribution in [0, 0.1) is 0 Å². The van der Waals surface area contributed by atoms with Gasteiger partial charge in [0.2, 0.25) is 0 Å². The van der Waals surface area contributed by atoms with Gasteiger partial charge in [0.1, 0.15) is 0 Å². The van der Waals surface area contributed by atoms with Crippen LogP contribution in [0.3, 0.4) is 0 Å². The molecular weight excluding hydrogens is 410 g/mol. The van der Waals surface area contributed by atoms with Crippen LogP contribution in [0.4, 0.5) is 5.69 Å². The second-order valence-corrected chi connectivity index (χ2v) is 8.53. The lowest BCUT2D eigenvalue weighted by Crippen LogP contribution is -2.43. The highest BCUT2D eigenvalue weighted by Gasteiger charge is 2.35. The molecule has 0 aliphatic carbocycles. The van der Waals surface area contributed by atoms with E-state index < -0.39 is 0 Å². The van der Waals surface area contributed by atoms with Gasteiger partial charge < -0.3 is 0 Å². The first-order chi connectivity index (χ1) is 15.2. The van der Waals surface area contributed by atoms with Crippen molar-refractivity contribution < 1.29 is 4.79 Å². The lowest BCUT2D eigenvalue weighted by molar-refractivity contribution is -0.112. The summed E-state index contributed by atoms with van der Waals surface area (Å²) in [5, 5.41) is 5.51. The van der Waals surface area contributed by atoms with Crippen LogP contribution in [0.5, 0.6) is 0 Å².